The predicted molar refractivity (Wildman–Crippen MR) is 103 cm³/mol. The van der Waals surface area contributed by atoms with Crippen molar-refractivity contribution in [3.8, 4) is 0 Å². The van der Waals surface area contributed by atoms with Gasteiger partial charge in [0.2, 0.25) is 5.09 Å². The lowest BCUT2D eigenvalue weighted by molar-refractivity contribution is 0.0559. The third-order valence-electron chi connectivity index (χ3n) is 4.03. The number of furan rings is 1. The third kappa shape index (κ3) is 5.13. The lowest BCUT2D eigenvalue weighted by Crippen LogP contribution is -2.38. The van der Waals surface area contributed by atoms with Gasteiger partial charge in [0.25, 0.3) is 10.0 Å². The molecule has 2 aromatic rings. The smallest absolute Gasteiger partial charge is 0.274 e. The molecule has 0 radical (unpaired) electrons. The lowest BCUT2D eigenvalue weighted by atomic mass is 9.93. The highest BCUT2D eigenvalue weighted by Crippen LogP contribution is 2.29. The van der Waals surface area contributed by atoms with Crippen LogP contribution in [-0.2, 0) is 14.8 Å². The van der Waals surface area contributed by atoms with Gasteiger partial charge in [-0.2, -0.15) is 0 Å². The van der Waals surface area contributed by atoms with Crippen molar-refractivity contribution in [2.24, 2.45) is 0 Å². The van der Waals surface area contributed by atoms with Crippen molar-refractivity contribution in [1.82, 2.24) is 10.0 Å². The molecule has 1 fully saturated rings. The van der Waals surface area contributed by atoms with Crippen LogP contribution < -0.4 is 10.0 Å². The third-order valence-corrected chi connectivity index (χ3v) is 6.08. The van der Waals surface area contributed by atoms with Crippen LogP contribution in [0.4, 0.5) is 0 Å². The first kappa shape index (κ1) is 21.5. The molecule has 3 rings (SSSR count). The Kier molecular flexibility index (Phi) is 7.78. The van der Waals surface area contributed by atoms with Gasteiger partial charge >= 0.3 is 0 Å². The van der Waals surface area contributed by atoms with Gasteiger partial charge in [-0.3, -0.25) is 0 Å². The number of benzene rings is 1. The van der Waals surface area contributed by atoms with Crippen molar-refractivity contribution in [1.29, 1.82) is 0 Å². The lowest BCUT2D eigenvalue weighted by Gasteiger charge is -2.25. The first-order valence-corrected chi connectivity index (χ1v) is 10.0. The monoisotopic (exact) mass is 440 g/mol. The molecule has 26 heavy (non-hydrogen) atoms. The summed E-state index contributed by atoms with van der Waals surface area (Å²) in [7, 11) is -3.71. The van der Waals surface area contributed by atoms with Gasteiger partial charge in [0.05, 0.1) is 29.0 Å². The van der Waals surface area contributed by atoms with E-state index in [0.29, 0.717) is 29.7 Å². The molecule has 0 amide bonds. The van der Waals surface area contributed by atoms with Crippen LogP contribution in [-0.4, -0.2) is 40.8 Å². The summed E-state index contributed by atoms with van der Waals surface area (Å²) >= 11 is 12.1. The van der Waals surface area contributed by atoms with E-state index in [2.05, 4.69) is 10.0 Å². The second-order valence-electron chi connectivity index (χ2n) is 5.68. The van der Waals surface area contributed by atoms with Gasteiger partial charge < -0.3 is 14.5 Å². The Balaban J connectivity index is 0.00000243. The Morgan fingerprint density at radius 1 is 1.23 bits per heavy atom. The van der Waals surface area contributed by atoms with Crippen LogP contribution in [0.5, 0.6) is 0 Å². The van der Waals surface area contributed by atoms with Crippen molar-refractivity contribution in [2.45, 2.75) is 17.1 Å². The number of rotatable bonds is 5. The molecular formula is C16H19Cl3N2O4S. The minimum atomic E-state index is -3.71. The molecule has 144 valence electrons. The number of ether oxygens (including phenoxy) is 1. The van der Waals surface area contributed by atoms with E-state index in [1.54, 1.807) is 12.1 Å². The molecule has 1 saturated heterocycles. The number of halogens is 3. The maximum absolute atomic E-state index is 12.2. The van der Waals surface area contributed by atoms with E-state index in [1.165, 1.54) is 18.4 Å². The number of hydrogen-bond acceptors (Lipinski definition) is 5. The van der Waals surface area contributed by atoms with Gasteiger partial charge in [-0.25, -0.2) is 13.1 Å². The molecule has 0 spiro atoms. The van der Waals surface area contributed by atoms with Gasteiger partial charge in [0.15, 0.2) is 0 Å². The summed E-state index contributed by atoms with van der Waals surface area (Å²) in [6, 6.07) is 8.32. The van der Waals surface area contributed by atoms with E-state index in [-0.39, 0.29) is 36.1 Å². The van der Waals surface area contributed by atoms with E-state index in [0.717, 1.165) is 5.56 Å². The molecule has 2 atom stereocenters. The molecule has 0 aliphatic carbocycles. The summed E-state index contributed by atoms with van der Waals surface area (Å²) in [6.07, 6.45) is 0.969. The average Bonchev–Trinajstić information content (AvgIpc) is 3.03. The van der Waals surface area contributed by atoms with Crippen LogP contribution in [0.3, 0.4) is 0 Å². The van der Waals surface area contributed by atoms with E-state index in [4.69, 9.17) is 32.4 Å². The van der Waals surface area contributed by atoms with Crippen molar-refractivity contribution >= 4 is 45.6 Å². The number of nitrogens with one attached hydrogen (secondary N) is 2. The predicted octanol–water partition coefficient (Wildman–Crippen LogP) is 3.06. The Morgan fingerprint density at radius 3 is 2.73 bits per heavy atom. The van der Waals surface area contributed by atoms with Gasteiger partial charge in [-0.1, -0.05) is 29.3 Å². The first-order chi connectivity index (χ1) is 12.0. The topological polar surface area (TPSA) is 80.6 Å². The van der Waals surface area contributed by atoms with Crippen LogP contribution >= 0.6 is 35.6 Å². The van der Waals surface area contributed by atoms with Crippen molar-refractivity contribution in [2.75, 3.05) is 26.2 Å². The van der Waals surface area contributed by atoms with Gasteiger partial charge in [-0.15, -0.1) is 12.4 Å². The SMILES string of the molecule is Cl.O=S(=O)(NC[C@H]1OCCNC[C@H]1c1ccc(Cl)c(Cl)c1)c1ccco1. The summed E-state index contributed by atoms with van der Waals surface area (Å²) < 4.78 is 37.9. The van der Waals surface area contributed by atoms with Crippen LogP contribution in [0.1, 0.15) is 11.5 Å². The van der Waals surface area contributed by atoms with Crippen LogP contribution in [0.2, 0.25) is 10.0 Å². The number of sulfonamides is 1. The standard InChI is InChI=1S/C16H18Cl2N2O4S.ClH/c17-13-4-3-11(8-14(13)18)12-9-19-5-7-23-15(12)10-20-25(21,22)16-2-1-6-24-16;/h1-4,6,8,12,15,19-20H,5,7,9-10H2;1H/t12-,15+;/m0./s1. The van der Waals surface area contributed by atoms with Gasteiger partial charge in [0.1, 0.15) is 0 Å². The summed E-state index contributed by atoms with van der Waals surface area (Å²) in [5.74, 6) is -0.0726. The minimum absolute atomic E-state index is 0. The van der Waals surface area contributed by atoms with Crippen molar-refractivity contribution in [3.05, 3.63) is 52.2 Å². The molecule has 2 N–H and O–H groups in total. The molecule has 0 saturated carbocycles. The quantitative estimate of drug-likeness (QED) is 0.745. The summed E-state index contributed by atoms with van der Waals surface area (Å²) in [4.78, 5) is 0. The van der Waals surface area contributed by atoms with Crippen molar-refractivity contribution in [3.63, 3.8) is 0 Å². The molecule has 1 aromatic carbocycles. The Hall–Kier alpha value is -0.800. The molecular weight excluding hydrogens is 423 g/mol. The fourth-order valence-corrected chi connectivity index (χ4v) is 4.02. The van der Waals surface area contributed by atoms with E-state index < -0.39 is 10.0 Å². The highest BCUT2D eigenvalue weighted by Gasteiger charge is 2.28. The molecule has 1 aliphatic rings. The maximum Gasteiger partial charge on any atom is 0.274 e. The zero-order chi connectivity index (χ0) is 17.9. The first-order valence-electron chi connectivity index (χ1n) is 7.78. The van der Waals surface area contributed by atoms with E-state index in [9.17, 15) is 8.42 Å². The van der Waals surface area contributed by atoms with Crippen molar-refractivity contribution < 1.29 is 17.6 Å². The second-order valence-corrected chi connectivity index (χ2v) is 8.19. The summed E-state index contributed by atoms with van der Waals surface area (Å²) in [5, 5.41) is 4.10. The molecule has 0 bridgehead atoms. The Bertz CT molecular complexity index is 815. The van der Waals surface area contributed by atoms with Crippen LogP contribution in [0.25, 0.3) is 0 Å². The van der Waals surface area contributed by atoms with Gasteiger partial charge in [0, 0.05) is 25.6 Å². The zero-order valence-corrected chi connectivity index (χ0v) is 16.8. The second kappa shape index (κ2) is 9.41. The van der Waals surface area contributed by atoms with Crippen LogP contribution in [0.15, 0.2) is 46.1 Å². The highest BCUT2D eigenvalue weighted by atomic mass is 35.5. The van der Waals surface area contributed by atoms with Crippen LogP contribution in [0, 0.1) is 0 Å². The van der Waals surface area contributed by atoms with E-state index >= 15 is 0 Å². The summed E-state index contributed by atoms with van der Waals surface area (Å²) in [5.41, 5.74) is 0.936. The molecule has 6 nitrogen and oxygen atoms in total. The molecule has 10 heteroatoms. The highest BCUT2D eigenvalue weighted by molar-refractivity contribution is 7.89. The fraction of sp³-hybridized carbons (Fsp3) is 0.375. The Labute approximate surface area is 168 Å². The average molecular weight is 442 g/mol. The fourth-order valence-electron chi connectivity index (χ4n) is 2.74. The molecule has 1 aliphatic heterocycles. The molecule has 0 unspecified atom stereocenters. The maximum atomic E-state index is 12.2. The summed E-state index contributed by atoms with van der Waals surface area (Å²) in [6.45, 7) is 1.95. The Morgan fingerprint density at radius 2 is 2.04 bits per heavy atom. The van der Waals surface area contributed by atoms with Gasteiger partial charge in [-0.05, 0) is 29.8 Å². The molecule has 2 heterocycles. The largest absolute Gasteiger partial charge is 0.452 e. The normalized spacial score (nSPS) is 21.0. The zero-order valence-electron chi connectivity index (χ0n) is 13.7. The minimum Gasteiger partial charge on any atom is -0.452 e. The number of hydrogen-bond donors (Lipinski definition) is 2. The van der Waals surface area contributed by atoms with E-state index in [1.807, 2.05) is 6.07 Å². The molecule has 1 aromatic heterocycles.